The molecule has 0 saturated carbocycles. The summed E-state index contributed by atoms with van der Waals surface area (Å²) in [5, 5.41) is 3.18. The molecule has 2 aromatic carbocycles. The number of amides is 2. The van der Waals surface area contributed by atoms with Gasteiger partial charge in [-0.3, -0.25) is 9.59 Å². The van der Waals surface area contributed by atoms with Crippen molar-refractivity contribution in [3.63, 3.8) is 0 Å². The molecule has 26 heavy (non-hydrogen) atoms. The Kier molecular flexibility index (Phi) is 7.16. The van der Waals surface area contributed by atoms with Crippen molar-refractivity contribution in [1.29, 1.82) is 0 Å². The number of hydrogen-bond donors (Lipinski definition) is 1. The van der Waals surface area contributed by atoms with Gasteiger partial charge in [0.15, 0.2) is 0 Å². The van der Waals surface area contributed by atoms with Crippen LogP contribution in [0.3, 0.4) is 0 Å². The van der Waals surface area contributed by atoms with Gasteiger partial charge in [0.1, 0.15) is 11.9 Å². The molecule has 4 nitrogen and oxygen atoms in total. The molecule has 0 aromatic heterocycles. The molecule has 2 aromatic rings. The van der Waals surface area contributed by atoms with Gasteiger partial charge in [0, 0.05) is 25.0 Å². The fraction of sp³-hybridized carbons (Fsp3) is 0.300. The maximum atomic E-state index is 13.1. The van der Waals surface area contributed by atoms with Crippen LogP contribution in [-0.4, -0.2) is 29.8 Å². The molecule has 2 amide bonds. The van der Waals surface area contributed by atoms with E-state index in [9.17, 15) is 14.0 Å². The van der Waals surface area contributed by atoms with E-state index in [-0.39, 0.29) is 30.6 Å². The lowest BCUT2D eigenvalue weighted by molar-refractivity contribution is -0.140. The zero-order valence-electron chi connectivity index (χ0n) is 14.8. The second-order valence-electron chi connectivity index (χ2n) is 6.03. The Bertz CT molecular complexity index is 765. The Morgan fingerprint density at radius 2 is 1.81 bits per heavy atom. The topological polar surface area (TPSA) is 49.4 Å². The van der Waals surface area contributed by atoms with Gasteiger partial charge in [0.25, 0.3) is 0 Å². The van der Waals surface area contributed by atoms with E-state index in [1.54, 1.807) is 25.1 Å². The molecule has 0 aliphatic rings. The van der Waals surface area contributed by atoms with Crippen molar-refractivity contribution in [3.8, 4) is 0 Å². The number of halogens is 2. The maximum absolute atomic E-state index is 13.1. The minimum absolute atomic E-state index is 0.162. The van der Waals surface area contributed by atoms with Gasteiger partial charge in [0.2, 0.25) is 11.8 Å². The highest BCUT2D eigenvalue weighted by molar-refractivity contribution is 6.31. The van der Waals surface area contributed by atoms with Crippen LogP contribution in [0.1, 0.15) is 24.5 Å². The van der Waals surface area contributed by atoms with Crippen molar-refractivity contribution in [2.24, 2.45) is 0 Å². The number of carbonyl (C=O) groups is 2. The van der Waals surface area contributed by atoms with Crippen LogP contribution in [0.2, 0.25) is 5.02 Å². The molecule has 6 heteroatoms. The number of aryl methyl sites for hydroxylation is 1. The molecule has 0 fully saturated rings. The number of nitrogens with one attached hydrogen (secondary N) is 1. The van der Waals surface area contributed by atoms with Crippen molar-refractivity contribution in [3.05, 3.63) is 70.5 Å². The lowest BCUT2D eigenvalue weighted by atomic mass is 10.1. The number of likely N-dealkylation sites (N-methyl/N-ethyl adjacent to an activating group) is 1. The van der Waals surface area contributed by atoms with Gasteiger partial charge in [0.05, 0.1) is 0 Å². The van der Waals surface area contributed by atoms with Crippen molar-refractivity contribution in [2.75, 3.05) is 7.05 Å². The van der Waals surface area contributed by atoms with Crippen LogP contribution >= 0.6 is 11.6 Å². The molecule has 0 spiro atoms. The Morgan fingerprint density at radius 1 is 1.15 bits per heavy atom. The van der Waals surface area contributed by atoms with Crippen LogP contribution in [0, 0.1) is 5.82 Å². The van der Waals surface area contributed by atoms with Gasteiger partial charge in [-0.1, -0.05) is 41.9 Å². The number of rotatable bonds is 7. The summed E-state index contributed by atoms with van der Waals surface area (Å²) in [6, 6.07) is 12.6. The van der Waals surface area contributed by atoms with Crippen LogP contribution in [0.15, 0.2) is 48.5 Å². The molecule has 0 aliphatic heterocycles. The van der Waals surface area contributed by atoms with E-state index >= 15 is 0 Å². The monoisotopic (exact) mass is 376 g/mol. The summed E-state index contributed by atoms with van der Waals surface area (Å²) in [6.07, 6.45) is 0.713. The minimum Gasteiger partial charge on any atom is -0.357 e. The maximum Gasteiger partial charge on any atom is 0.242 e. The number of benzene rings is 2. The summed E-state index contributed by atoms with van der Waals surface area (Å²) in [7, 11) is 1.53. The summed E-state index contributed by atoms with van der Waals surface area (Å²) < 4.78 is 13.1. The van der Waals surface area contributed by atoms with E-state index < -0.39 is 6.04 Å². The third kappa shape index (κ3) is 5.30. The molecule has 0 heterocycles. The molecular weight excluding hydrogens is 355 g/mol. The summed E-state index contributed by atoms with van der Waals surface area (Å²) in [4.78, 5) is 26.3. The first-order valence-corrected chi connectivity index (χ1v) is 8.79. The SMILES string of the molecule is CNC(=O)C(C)N(Cc1ccc(F)cc1)C(=O)CCc1ccccc1Cl. The molecule has 1 atom stereocenters. The van der Waals surface area contributed by atoms with Gasteiger partial charge >= 0.3 is 0 Å². The Balaban J connectivity index is 2.13. The Labute approximate surface area is 158 Å². The zero-order chi connectivity index (χ0) is 19.1. The molecule has 2 rings (SSSR count). The highest BCUT2D eigenvalue weighted by atomic mass is 35.5. The van der Waals surface area contributed by atoms with Gasteiger partial charge in [-0.05, 0) is 42.7 Å². The van der Waals surface area contributed by atoms with Crippen molar-refractivity contribution in [2.45, 2.75) is 32.4 Å². The standard InChI is InChI=1S/C20H22ClFN2O2/c1-14(20(26)23-2)24(13-15-7-10-17(22)11-8-15)19(25)12-9-16-5-3-4-6-18(16)21/h3-8,10-11,14H,9,12-13H2,1-2H3,(H,23,26). The quantitative estimate of drug-likeness (QED) is 0.803. The fourth-order valence-corrected chi connectivity index (χ4v) is 2.89. The average Bonchev–Trinajstić information content (AvgIpc) is 2.65. The largest absolute Gasteiger partial charge is 0.357 e. The summed E-state index contributed by atoms with van der Waals surface area (Å²) in [5.74, 6) is -0.756. The van der Waals surface area contributed by atoms with E-state index in [0.717, 1.165) is 11.1 Å². The van der Waals surface area contributed by atoms with E-state index in [1.807, 2.05) is 18.2 Å². The lowest BCUT2D eigenvalue weighted by Crippen LogP contribution is -2.46. The fourth-order valence-electron chi connectivity index (χ4n) is 2.66. The lowest BCUT2D eigenvalue weighted by Gasteiger charge is -2.28. The first-order chi connectivity index (χ1) is 12.4. The molecule has 1 unspecified atom stereocenters. The average molecular weight is 377 g/mol. The third-order valence-corrected chi connectivity index (χ3v) is 4.61. The van der Waals surface area contributed by atoms with E-state index in [0.29, 0.717) is 11.4 Å². The first kappa shape index (κ1) is 19.9. The van der Waals surface area contributed by atoms with Crippen LogP contribution in [0.4, 0.5) is 4.39 Å². The van der Waals surface area contributed by atoms with Gasteiger partial charge < -0.3 is 10.2 Å². The summed E-state index contributed by atoms with van der Waals surface area (Å²) in [5.41, 5.74) is 1.64. The van der Waals surface area contributed by atoms with Crippen molar-refractivity contribution >= 4 is 23.4 Å². The van der Waals surface area contributed by atoms with Crippen LogP contribution < -0.4 is 5.32 Å². The van der Waals surface area contributed by atoms with Crippen molar-refractivity contribution < 1.29 is 14.0 Å². The number of nitrogens with zero attached hydrogens (tertiary/aromatic N) is 1. The minimum atomic E-state index is -0.635. The Morgan fingerprint density at radius 3 is 2.42 bits per heavy atom. The van der Waals surface area contributed by atoms with Crippen LogP contribution in [-0.2, 0) is 22.6 Å². The van der Waals surface area contributed by atoms with E-state index in [1.165, 1.54) is 24.1 Å². The molecule has 138 valence electrons. The third-order valence-electron chi connectivity index (χ3n) is 4.25. The van der Waals surface area contributed by atoms with Gasteiger partial charge in [-0.2, -0.15) is 0 Å². The predicted octanol–water partition coefficient (Wildman–Crippen LogP) is 3.58. The molecule has 0 saturated heterocycles. The molecule has 0 radical (unpaired) electrons. The highest BCUT2D eigenvalue weighted by Gasteiger charge is 2.25. The molecule has 1 N–H and O–H groups in total. The van der Waals surface area contributed by atoms with Crippen LogP contribution in [0.5, 0.6) is 0 Å². The Hall–Kier alpha value is -2.40. The zero-order valence-corrected chi connectivity index (χ0v) is 15.6. The normalized spacial score (nSPS) is 11.7. The number of hydrogen-bond acceptors (Lipinski definition) is 2. The molecular formula is C20H22ClFN2O2. The van der Waals surface area contributed by atoms with Gasteiger partial charge in [-0.25, -0.2) is 4.39 Å². The van der Waals surface area contributed by atoms with E-state index in [4.69, 9.17) is 11.6 Å². The van der Waals surface area contributed by atoms with Gasteiger partial charge in [-0.15, -0.1) is 0 Å². The van der Waals surface area contributed by atoms with Crippen LogP contribution in [0.25, 0.3) is 0 Å². The van der Waals surface area contributed by atoms with E-state index in [2.05, 4.69) is 5.32 Å². The second kappa shape index (κ2) is 9.34. The molecule has 0 aliphatic carbocycles. The second-order valence-corrected chi connectivity index (χ2v) is 6.44. The molecule has 0 bridgehead atoms. The highest BCUT2D eigenvalue weighted by Crippen LogP contribution is 2.18. The summed E-state index contributed by atoms with van der Waals surface area (Å²) in [6.45, 7) is 1.91. The summed E-state index contributed by atoms with van der Waals surface area (Å²) >= 11 is 6.14. The smallest absolute Gasteiger partial charge is 0.242 e. The first-order valence-electron chi connectivity index (χ1n) is 8.41. The number of carbonyl (C=O) groups excluding carboxylic acids is 2. The predicted molar refractivity (Wildman–Crippen MR) is 100 cm³/mol. The van der Waals surface area contributed by atoms with Crippen molar-refractivity contribution in [1.82, 2.24) is 10.2 Å².